The maximum Gasteiger partial charge on any atom is 0.372 e. The number of carbonyl (C=O) groups is 1. The van der Waals surface area contributed by atoms with Crippen LogP contribution < -0.4 is 0 Å². The van der Waals surface area contributed by atoms with E-state index in [0.29, 0.717) is 24.2 Å². The van der Waals surface area contributed by atoms with Crippen LogP contribution in [0.1, 0.15) is 35.7 Å². The number of aromatic carboxylic acids is 1. The molecule has 1 N–H and O–H groups in total. The zero-order valence-electron chi connectivity index (χ0n) is 12.0. The Morgan fingerprint density at radius 2 is 2.00 bits per heavy atom. The van der Waals surface area contributed by atoms with Gasteiger partial charge in [-0.15, -0.1) is 0 Å². The number of carboxylic acid groups (broad SMARTS) is 1. The van der Waals surface area contributed by atoms with Gasteiger partial charge in [-0.05, 0) is 33.9 Å². The van der Waals surface area contributed by atoms with Gasteiger partial charge in [0, 0.05) is 30.7 Å². The van der Waals surface area contributed by atoms with E-state index in [1.54, 1.807) is 6.92 Å². The van der Waals surface area contributed by atoms with E-state index in [4.69, 9.17) is 9.52 Å². The van der Waals surface area contributed by atoms with Gasteiger partial charge in [-0.2, -0.15) is 0 Å². The highest BCUT2D eigenvalue weighted by atomic mass is 16.4. The first-order valence-corrected chi connectivity index (χ1v) is 6.65. The smallest absolute Gasteiger partial charge is 0.372 e. The van der Waals surface area contributed by atoms with Gasteiger partial charge in [0.2, 0.25) is 5.76 Å². The van der Waals surface area contributed by atoms with Crippen LogP contribution in [0.2, 0.25) is 0 Å². The molecule has 0 saturated carbocycles. The van der Waals surface area contributed by atoms with Crippen molar-refractivity contribution >= 4 is 5.97 Å². The standard InChI is InChI=1S/C14H22N2O3/c1-9-5-12(19-13(9)14(17)18)8-16-6-10(2)15(4)11(3)7-16/h5,10-11H,6-8H2,1-4H3,(H,17,18). The molecule has 5 heteroatoms. The predicted molar refractivity (Wildman–Crippen MR) is 72.4 cm³/mol. The summed E-state index contributed by atoms with van der Waals surface area (Å²) < 4.78 is 5.42. The third-order valence-corrected chi connectivity index (χ3v) is 3.98. The molecule has 1 aliphatic rings. The summed E-state index contributed by atoms with van der Waals surface area (Å²) in [6, 6.07) is 2.83. The molecule has 1 fully saturated rings. The molecule has 1 aromatic heterocycles. The van der Waals surface area contributed by atoms with Gasteiger partial charge in [0.1, 0.15) is 5.76 Å². The Bertz CT molecular complexity index is 457. The fourth-order valence-corrected chi connectivity index (χ4v) is 2.70. The second-order valence-electron chi connectivity index (χ2n) is 5.59. The Morgan fingerprint density at radius 3 is 2.47 bits per heavy atom. The first-order chi connectivity index (χ1) is 8.88. The fourth-order valence-electron chi connectivity index (χ4n) is 2.70. The van der Waals surface area contributed by atoms with Crippen molar-refractivity contribution in [2.75, 3.05) is 20.1 Å². The Labute approximate surface area is 113 Å². The summed E-state index contributed by atoms with van der Waals surface area (Å²) >= 11 is 0. The van der Waals surface area contributed by atoms with Gasteiger partial charge in [-0.1, -0.05) is 0 Å². The third kappa shape index (κ3) is 2.98. The van der Waals surface area contributed by atoms with Crippen molar-refractivity contribution in [2.45, 2.75) is 39.4 Å². The molecule has 0 aliphatic carbocycles. The molecule has 0 radical (unpaired) electrons. The molecule has 5 nitrogen and oxygen atoms in total. The first kappa shape index (κ1) is 14.1. The lowest BCUT2D eigenvalue weighted by atomic mass is 10.1. The van der Waals surface area contributed by atoms with E-state index in [1.165, 1.54) is 0 Å². The first-order valence-electron chi connectivity index (χ1n) is 6.65. The van der Waals surface area contributed by atoms with E-state index in [2.05, 4.69) is 30.7 Å². The van der Waals surface area contributed by atoms with Crippen molar-refractivity contribution in [1.29, 1.82) is 0 Å². The fraction of sp³-hybridized carbons (Fsp3) is 0.643. The summed E-state index contributed by atoms with van der Waals surface area (Å²) in [5.74, 6) is -0.201. The van der Waals surface area contributed by atoms with Gasteiger partial charge in [0.05, 0.1) is 6.54 Å². The number of piperazine rings is 1. The molecule has 19 heavy (non-hydrogen) atoms. The minimum atomic E-state index is -0.996. The highest BCUT2D eigenvalue weighted by Crippen LogP contribution is 2.19. The molecule has 2 unspecified atom stereocenters. The number of hydrogen-bond acceptors (Lipinski definition) is 4. The number of likely N-dealkylation sites (N-methyl/N-ethyl adjacent to an activating group) is 1. The van der Waals surface area contributed by atoms with Crippen LogP contribution in [-0.2, 0) is 6.54 Å². The molecule has 0 bridgehead atoms. The van der Waals surface area contributed by atoms with Crippen LogP contribution in [0.25, 0.3) is 0 Å². The molecule has 2 rings (SSSR count). The van der Waals surface area contributed by atoms with E-state index >= 15 is 0 Å². The van der Waals surface area contributed by atoms with Crippen LogP contribution in [0.3, 0.4) is 0 Å². The second kappa shape index (κ2) is 5.35. The maximum atomic E-state index is 11.0. The highest BCUT2D eigenvalue weighted by molar-refractivity contribution is 5.86. The van der Waals surface area contributed by atoms with Gasteiger partial charge < -0.3 is 9.52 Å². The lowest BCUT2D eigenvalue weighted by Gasteiger charge is -2.42. The van der Waals surface area contributed by atoms with Crippen molar-refractivity contribution in [3.63, 3.8) is 0 Å². The van der Waals surface area contributed by atoms with Crippen LogP contribution in [0.15, 0.2) is 10.5 Å². The summed E-state index contributed by atoms with van der Waals surface area (Å²) in [4.78, 5) is 15.6. The molecule has 0 aromatic carbocycles. The third-order valence-electron chi connectivity index (χ3n) is 3.98. The molecule has 1 saturated heterocycles. The normalized spacial score (nSPS) is 25.7. The van der Waals surface area contributed by atoms with Crippen molar-refractivity contribution in [3.8, 4) is 0 Å². The number of aryl methyl sites for hydroxylation is 1. The zero-order valence-corrected chi connectivity index (χ0v) is 12.0. The lowest BCUT2D eigenvalue weighted by Crippen LogP contribution is -2.54. The number of furan rings is 1. The molecule has 1 aromatic rings. The number of nitrogens with zero attached hydrogens (tertiary/aromatic N) is 2. The molecule has 1 aliphatic heterocycles. The number of carboxylic acids is 1. The van der Waals surface area contributed by atoms with E-state index in [-0.39, 0.29) is 5.76 Å². The van der Waals surface area contributed by atoms with Crippen LogP contribution in [0, 0.1) is 6.92 Å². The van der Waals surface area contributed by atoms with Crippen LogP contribution >= 0.6 is 0 Å². The zero-order chi connectivity index (χ0) is 14.2. The molecule has 106 valence electrons. The topological polar surface area (TPSA) is 56.9 Å². The Hall–Kier alpha value is -1.33. The van der Waals surface area contributed by atoms with Crippen molar-refractivity contribution in [1.82, 2.24) is 9.80 Å². The number of rotatable bonds is 3. The molecular weight excluding hydrogens is 244 g/mol. The van der Waals surface area contributed by atoms with Crippen LogP contribution in [-0.4, -0.2) is 53.1 Å². The minimum absolute atomic E-state index is 0.0604. The van der Waals surface area contributed by atoms with Gasteiger partial charge >= 0.3 is 5.97 Å². The SMILES string of the molecule is Cc1cc(CN2CC(C)N(C)C(C)C2)oc1C(=O)O. The maximum absolute atomic E-state index is 11.0. The van der Waals surface area contributed by atoms with E-state index in [9.17, 15) is 4.79 Å². The quantitative estimate of drug-likeness (QED) is 0.904. The average molecular weight is 266 g/mol. The van der Waals surface area contributed by atoms with Crippen molar-refractivity contribution in [3.05, 3.63) is 23.2 Å². The van der Waals surface area contributed by atoms with E-state index in [1.807, 2.05) is 6.07 Å². The van der Waals surface area contributed by atoms with Crippen LogP contribution in [0.5, 0.6) is 0 Å². The Morgan fingerprint density at radius 1 is 1.42 bits per heavy atom. The molecule has 0 spiro atoms. The summed E-state index contributed by atoms with van der Waals surface area (Å²) in [5, 5.41) is 8.99. The van der Waals surface area contributed by atoms with E-state index < -0.39 is 5.97 Å². The van der Waals surface area contributed by atoms with Gasteiger partial charge in [-0.25, -0.2) is 4.79 Å². The Balaban J connectivity index is 2.05. The molecule has 2 heterocycles. The molecule has 0 amide bonds. The monoisotopic (exact) mass is 266 g/mol. The number of hydrogen-bond donors (Lipinski definition) is 1. The van der Waals surface area contributed by atoms with Gasteiger partial charge in [0.15, 0.2) is 0 Å². The largest absolute Gasteiger partial charge is 0.475 e. The summed E-state index contributed by atoms with van der Waals surface area (Å²) in [6.45, 7) is 8.81. The summed E-state index contributed by atoms with van der Waals surface area (Å²) in [6.07, 6.45) is 0. The van der Waals surface area contributed by atoms with Crippen molar-refractivity contribution < 1.29 is 14.3 Å². The lowest BCUT2D eigenvalue weighted by molar-refractivity contribution is 0.0505. The average Bonchev–Trinajstić information content (AvgIpc) is 2.67. The van der Waals surface area contributed by atoms with Gasteiger partial charge in [-0.3, -0.25) is 9.80 Å². The van der Waals surface area contributed by atoms with Gasteiger partial charge in [0.25, 0.3) is 0 Å². The minimum Gasteiger partial charge on any atom is -0.475 e. The molecular formula is C14H22N2O3. The summed E-state index contributed by atoms with van der Waals surface area (Å²) in [7, 11) is 2.15. The highest BCUT2D eigenvalue weighted by Gasteiger charge is 2.27. The second-order valence-corrected chi connectivity index (χ2v) is 5.59. The van der Waals surface area contributed by atoms with Crippen LogP contribution in [0.4, 0.5) is 0 Å². The van der Waals surface area contributed by atoms with Crippen molar-refractivity contribution in [2.24, 2.45) is 0 Å². The predicted octanol–water partition coefficient (Wildman–Crippen LogP) is 1.81. The summed E-state index contributed by atoms with van der Waals surface area (Å²) in [5.41, 5.74) is 0.692. The molecule has 2 atom stereocenters. The Kier molecular flexibility index (Phi) is 3.96. The van der Waals surface area contributed by atoms with E-state index in [0.717, 1.165) is 18.8 Å².